The number of halogens is 1. The fourth-order valence-corrected chi connectivity index (χ4v) is 2.83. The summed E-state index contributed by atoms with van der Waals surface area (Å²) in [7, 11) is 0. The molecule has 1 atom stereocenters. The Balaban J connectivity index is 1.63. The van der Waals surface area contributed by atoms with Crippen LogP contribution in [0.3, 0.4) is 0 Å². The van der Waals surface area contributed by atoms with Gasteiger partial charge in [-0.1, -0.05) is 23.7 Å². The standard InChI is InChI=1S/C16H15ClN2O3S/c1-9(14(20)18-12-6-7-12)22-16(21)13-8-23-15(19-13)10-2-4-11(17)5-3-10/h2-5,8-9,12H,6-7H2,1H3,(H,18,20). The van der Waals surface area contributed by atoms with Crippen LogP contribution in [-0.2, 0) is 9.53 Å². The van der Waals surface area contributed by atoms with Gasteiger partial charge in [-0.15, -0.1) is 11.3 Å². The number of carbonyl (C=O) groups excluding carboxylic acids is 2. The predicted octanol–water partition coefficient (Wildman–Crippen LogP) is 3.29. The number of aromatic nitrogens is 1. The summed E-state index contributed by atoms with van der Waals surface area (Å²) in [5.41, 5.74) is 1.07. The molecule has 1 heterocycles. The molecule has 2 aromatic rings. The Morgan fingerprint density at radius 2 is 2.04 bits per heavy atom. The van der Waals surface area contributed by atoms with Gasteiger partial charge in [0.1, 0.15) is 5.01 Å². The predicted molar refractivity (Wildman–Crippen MR) is 88.6 cm³/mol. The molecule has 1 aromatic heterocycles. The van der Waals surface area contributed by atoms with Crippen molar-refractivity contribution in [3.8, 4) is 10.6 Å². The van der Waals surface area contributed by atoms with Gasteiger partial charge in [0.2, 0.25) is 0 Å². The van der Waals surface area contributed by atoms with E-state index < -0.39 is 12.1 Å². The third kappa shape index (κ3) is 4.09. The van der Waals surface area contributed by atoms with Crippen LogP contribution in [0.1, 0.15) is 30.3 Å². The van der Waals surface area contributed by atoms with Crippen molar-refractivity contribution in [2.45, 2.75) is 31.9 Å². The largest absolute Gasteiger partial charge is 0.448 e. The van der Waals surface area contributed by atoms with E-state index in [1.165, 1.54) is 11.3 Å². The average molecular weight is 351 g/mol. The Hall–Kier alpha value is -1.92. The molecule has 5 nitrogen and oxygen atoms in total. The molecular formula is C16H15ClN2O3S. The number of rotatable bonds is 5. The molecule has 23 heavy (non-hydrogen) atoms. The smallest absolute Gasteiger partial charge is 0.358 e. The number of hydrogen-bond acceptors (Lipinski definition) is 5. The van der Waals surface area contributed by atoms with Crippen molar-refractivity contribution in [3.63, 3.8) is 0 Å². The lowest BCUT2D eigenvalue weighted by Crippen LogP contribution is -2.37. The van der Waals surface area contributed by atoms with Crippen molar-refractivity contribution in [2.75, 3.05) is 0 Å². The zero-order valence-corrected chi connectivity index (χ0v) is 14.0. The molecule has 0 aliphatic heterocycles. The lowest BCUT2D eigenvalue weighted by molar-refractivity contribution is -0.129. The maximum Gasteiger partial charge on any atom is 0.358 e. The molecule has 1 aliphatic rings. The summed E-state index contributed by atoms with van der Waals surface area (Å²) < 4.78 is 5.17. The van der Waals surface area contributed by atoms with Crippen molar-refractivity contribution in [3.05, 3.63) is 40.4 Å². The molecule has 1 aliphatic carbocycles. The van der Waals surface area contributed by atoms with Crippen LogP contribution >= 0.6 is 22.9 Å². The molecular weight excluding hydrogens is 336 g/mol. The van der Waals surface area contributed by atoms with Crippen LogP contribution in [0.2, 0.25) is 5.02 Å². The molecule has 1 unspecified atom stereocenters. The molecule has 0 bridgehead atoms. The average Bonchev–Trinajstić information content (AvgIpc) is 3.20. The van der Waals surface area contributed by atoms with Gasteiger partial charge in [-0.05, 0) is 31.9 Å². The topological polar surface area (TPSA) is 68.3 Å². The summed E-state index contributed by atoms with van der Waals surface area (Å²) in [4.78, 5) is 28.1. The van der Waals surface area contributed by atoms with Crippen molar-refractivity contribution >= 4 is 34.8 Å². The number of nitrogens with one attached hydrogen (secondary N) is 1. The number of hydrogen-bond donors (Lipinski definition) is 1. The van der Waals surface area contributed by atoms with Crippen LogP contribution in [0.15, 0.2) is 29.6 Å². The summed E-state index contributed by atoms with van der Waals surface area (Å²) in [6.45, 7) is 1.56. The van der Waals surface area contributed by atoms with Gasteiger partial charge in [0.05, 0.1) is 0 Å². The molecule has 0 spiro atoms. The molecule has 0 radical (unpaired) electrons. The molecule has 1 fully saturated rings. The summed E-state index contributed by atoms with van der Waals surface area (Å²) in [5.74, 6) is -0.867. The van der Waals surface area contributed by atoms with Gasteiger partial charge in [0, 0.05) is 22.0 Å². The Morgan fingerprint density at radius 3 is 2.70 bits per heavy atom. The van der Waals surface area contributed by atoms with Gasteiger partial charge in [0.15, 0.2) is 11.8 Å². The molecule has 1 amide bonds. The first-order valence-corrected chi connectivity index (χ1v) is 8.51. The molecule has 120 valence electrons. The minimum atomic E-state index is -0.830. The second kappa shape index (κ2) is 6.68. The number of carbonyl (C=O) groups is 2. The highest BCUT2D eigenvalue weighted by Crippen LogP contribution is 2.25. The first-order chi connectivity index (χ1) is 11.0. The minimum Gasteiger partial charge on any atom is -0.448 e. The first kappa shape index (κ1) is 16.0. The molecule has 1 saturated carbocycles. The van der Waals surface area contributed by atoms with E-state index >= 15 is 0 Å². The van der Waals surface area contributed by atoms with Gasteiger partial charge in [-0.3, -0.25) is 4.79 Å². The van der Waals surface area contributed by atoms with Crippen LogP contribution in [0.5, 0.6) is 0 Å². The summed E-state index contributed by atoms with van der Waals surface area (Å²) in [6.07, 6.45) is 1.15. The highest BCUT2D eigenvalue weighted by atomic mass is 35.5. The van der Waals surface area contributed by atoms with E-state index in [0.717, 1.165) is 18.4 Å². The van der Waals surface area contributed by atoms with E-state index in [4.69, 9.17) is 16.3 Å². The summed E-state index contributed by atoms with van der Waals surface area (Å²) >= 11 is 7.19. The fourth-order valence-electron chi connectivity index (χ4n) is 1.91. The van der Waals surface area contributed by atoms with Crippen LogP contribution < -0.4 is 5.32 Å². The van der Waals surface area contributed by atoms with Crippen LogP contribution in [0.4, 0.5) is 0 Å². The SMILES string of the molecule is CC(OC(=O)c1csc(-c2ccc(Cl)cc2)n1)C(=O)NC1CC1. The van der Waals surface area contributed by atoms with Gasteiger partial charge in [-0.25, -0.2) is 9.78 Å². The first-order valence-electron chi connectivity index (χ1n) is 7.26. The highest BCUT2D eigenvalue weighted by Gasteiger charge is 2.27. The van der Waals surface area contributed by atoms with Crippen molar-refractivity contribution in [2.24, 2.45) is 0 Å². The van der Waals surface area contributed by atoms with Crippen molar-refractivity contribution in [1.82, 2.24) is 10.3 Å². The normalized spacial score (nSPS) is 15.0. The van der Waals surface area contributed by atoms with Crippen LogP contribution in [-0.4, -0.2) is 29.0 Å². The Labute approximate surface area is 142 Å². The second-order valence-corrected chi connectivity index (χ2v) is 6.67. The van der Waals surface area contributed by atoms with Crippen LogP contribution in [0, 0.1) is 0 Å². The van der Waals surface area contributed by atoms with Gasteiger partial charge in [0.25, 0.3) is 5.91 Å². The van der Waals surface area contributed by atoms with E-state index in [1.54, 1.807) is 24.4 Å². The number of esters is 1. The Morgan fingerprint density at radius 1 is 1.35 bits per heavy atom. The van der Waals surface area contributed by atoms with E-state index in [0.29, 0.717) is 10.0 Å². The fraction of sp³-hybridized carbons (Fsp3) is 0.312. The van der Waals surface area contributed by atoms with Crippen molar-refractivity contribution in [1.29, 1.82) is 0 Å². The third-order valence-corrected chi connectivity index (χ3v) is 4.52. The summed E-state index contributed by atoms with van der Waals surface area (Å²) in [5, 5.41) is 5.76. The monoisotopic (exact) mass is 350 g/mol. The number of thiazole rings is 1. The lowest BCUT2D eigenvalue weighted by atomic mass is 10.2. The van der Waals surface area contributed by atoms with E-state index in [-0.39, 0.29) is 17.6 Å². The Bertz CT molecular complexity index is 725. The number of amides is 1. The summed E-state index contributed by atoms with van der Waals surface area (Å²) in [6, 6.07) is 7.44. The van der Waals surface area contributed by atoms with Crippen molar-refractivity contribution < 1.29 is 14.3 Å². The quantitative estimate of drug-likeness (QED) is 0.840. The minimum absolute atomic E-state index is 0.200. The number of ether oxygens (including phenoxy) is 1. The number of nitrogens with zero attached hydrogens (tertiary/aromatic N) is 1. The number of benzene rings is 1. The second-order valence-electron chi connectivity index (χ2n) is 5.38. The third-order valence-electron chi connectivity index (χ3n) is 3.38. The molecule has 1 aromatic carbocycles. The van der Waals surface area contributed by atoms with E-state index in [1.807, 2.05) is 12.1 Å². The zero-order chi connectivity index (χ0) is 16.4. The van der Waals surface area contributed by atoms with Gasteiger partial charge >= 0.3 is 5.97 Å². The molecule has 0 saturated heterocycles. The Kier molecular flexibility index (Phi) is 4.63. The molecule has 7 heteroatoms. The maximum absolute atomic E-state index is 12.1. The van der Waals surface area contributed by atoms with E-state index in [9.17, 15) is 9.59 Å². The zero-order valence-electron chi connectivity index (χ0n) is 12.4. The van der Waals surface area contributed by atoms with Crippen LogP contribution in [0.25, 0.3) is 10.6 Å². The van der Waals surface area contributed by atoms with Gasteiger partial charge < -0.3 is 10.1 Å². The molecule has 3 rings (SSSR count). The highest BCUT2D eigenvalue weighted by molar-refractivity contribution is 7.13. The van der Waals surface area contributed by atoms with E-state index in [2.05, 4.69) is 10.3 Å². The molecule has 1 N–H and O–H groups in total. The maximum atomic E-state index is 12.1. The lowest BCUT2D eigenvalue weighted by Gasteiger charge is -2.12. The van der Waals surface area contributed by atoms with Gasteiger partial charge in [-0.2, -0.15) is 0 Å².